The third kappa shape index (κ3) is 3.99. The number of rotatable bonds is 7. The van der Waals surface area contributed by atoms with Gasteiger partial charge in [-0.1, -0.05) is 12.1 Å². The maximum atomic E-state index is 12.6. The summed E-state index contributed by atoms with van der Waals surface area (Å²) in [6.07, 6.45) is 0. The standard InChI is InChI=1S/C15H19N3O4S2/c1-11-12(18(19)20)6-4-8-15(11)24(21,22)16-10-13(17(2)3)14-7-5-9-23-14/h4-9,13,16H,10H2,1-3H3. The molecule has 1 heterocycles. The van der Waals surface area contributed by atoms with Gasteiger partial charge in [-0.15, -0.1) is 11.3 Å². The molecule has 7 nitrogen and oxygen atoms in total. The largest absolute Gasteiger partial charge is 0.300 e. The van der Waals surface area contributed by atoms with Gasteiger partial charge in [-0.05, 0) is 38.5 Å². The van der Waals surface area contributed by atoms with Gasteiger partial charge in [0.25, 0.3) is 5.69 Å². The molecule has 0 aliphatic heterocycles. The van der Waals surface area contributed by atoms with Crippen LogP contribution in [0, 0.1) is 17.0 Å². The first kappa shape index (κ1) is 18.5. The molecular formula is C15H19N3O4S2. The minimum atomic E-state index is -3.84. The molecule has 2 aromatic rings. The summed E-state index contributed by atoms with van der Waals surface area (Å²) in [4.78, 5) is 13.3. The van der Waals surface area contributed by atoms with E-state index in [9.17, 15) is 18.5 Å². The molecule has 0 saturated heterocycles. The number of hydrogen-bond acceptors (Lipinski definition) is 6. The lowest BCUT2D eigenvalue weighted by Crippen LogP contribution is -2.34. The minimum Gasteiger partial charge on any atom is -0.300 e. The zero-order chi connectivity index (χ0) is 17.9. The molecular weight excluding hydrogens is 350 g/mol. The van der Waals surface area contributed by atoms with Gasteiger partial charge in [0.1, 0.15) is 0 Å². The molecule has 0 spiro atoms. The van der Waals surface area contributed by atoms with Gasteiger partial charge in [0.15, 0.2) is 0 Å². The normalized spacial score (nSPS) is 13.2. The van der Waals surface area contributed by atoms with Crippen molar-refractivity contribution in [2.24, 2.45) is 0 Å². The fourth-order valence-electron chi connectivity index (χ4n) is 2.38. The van der Waals surface area contributed by atoms with Gasteiger partial charge in [0.05, 0.1) is 15.9 Å². The van der Waals surface area contributed by atoms with Crippen LogP contribution in [0.2, 0.25) is 0 Å². The lowest BCUT2D eigenvalue weighted by molar-refractivity contribution is -0.385. The number of nitro groups is 1. The Morgan fingerprint density at radius 2 is 2.00 bits per heavy atom. The second-order valence-corrected chi connectivity index (χ2v) is 8.22. The lowest BCUT2D eigenvalue weighted by atomic mass is 10.2. The van der Waals surface area contributed by atoms with Crippen molar-refractivity contribution in [3.05, 3.63) is 56.3 Å². The minimum absolute atomic E-state index is 0.0691. The van der Waals surface area contributed by atoms with E-state index in [1.165, 1.54) is 25.1 Å². The first-order valence-electron chi connectivity index (χ1n) is 7.17. The van der Waals surface area contributed by atoms with Gasteiger partial charge in [0, 0.05) is 23.1 Å². The Balaban J connectivity index is 2.26. The molecule has 2 rings (SSSR count). The summed E-state index contributed by atoms with van der Waals surface area (Å²) in [6.45, 7) is 1.62. The highest BCUT2D eigenvalue weighted by Crippen LogP contribution is 2.26. The zero-order valence-electron chi connectivity index (χ0n) is 13.6. The predicted molar refractivity (Wildman–Crippen MR) is 93.8 cm³/mol. The van der Waals surface area contributed by atoms with Crippen LogP contribution in [-0.4, -0.2) is 38.9 Å². The fourth-order valence-corrected chi connectivity index (χ4v) is 4.60. The highest BCUT2D eigenvalue weighted by atomic mass is 32.2. The fraction of sp³-hybridized carbons (Fsp3) is 0.333. The van der Waals surface area contributed by atoms with Crippen LogP contribution in [-0.2, 0) is 10.0 Å². The molecule has 0 amide bonds. The molecule has 1 aromatic heterocycles. The van der Waals surface area contributed by atoms with Crippen molar-refractivity contribution in [1.82, 2.24) is 9.62 Å². The van der Waals surface area contributed by atoms with E-state index < -0.39 is 14.9 Å². The Labute approximate surface area is 145 Å². The van der Waals surface area contributed by atoms with E-state index in [0.717, 1.165) is 4.88 Å². The number of thiophene rings is 1. The molecule has 1 N–H and O–H groups in total. The molecule has 0 fully saturated rings. The Morgan fingerprint density at radius 1 is 1.29 bits per heavy atom. The number of likely N-dealkylation sites (N-methyl/N-ethyl adjacent to an activating group) is 1. The van der Waals surface area contributed by atoms with Gasteiger partial charge in [0.2, 0.25) is 10.0 Å². The Hall–Kier alpha value is -1.81. The van der Waals surface area contributed by atoms with Crippen molar-refractivity contribution in [3.63, 3.8) is 0 Å². The smallest absolute Gasteiger partial charge is 0.273 e. The van der Waals surface area contributed by atoms with Crippen LogP contribution in [0.5, 0.6) is 0 Å². The maximum absolute atomic E-state index is 12.6. The molecule has 9 heteroatoms. The van der Waals surface area contributed by atoms with Gasteiger partial charge in [-0.3, -0.25) is 10.1 Å². The average molecular weight is 369 g/mol. The van der Waals surface area contributed by atoms with Crippen LogP contribution in [0.25, 0.3) is 0 Å². The molecule has 1 aromatic carbocycles. The lowest BCUT2D eigenvalue weighted by Gasteiger charge is -2.23. The van der Waals surface area contributed by atoms with E-state index in [0.29, 0.717) is 0 Å². The Kier molecular flexibility index (Phi) is 5.70. The molecule has 0 radical (unpaired) electrons. The summed E-state index contributed by atoms with van der Waals surface area (Å²) < 4.78 is 27.7. The van der Waals surface area contributed by atoms with E-state index in [4.69, 9.17) is 0 Å². The summed E-state index contributed by atoms with van der Waals surface area (Å²) in [5.41, 5.74) is -0.0761. The quantitative estimate of drug-likeness (QED) is 0.598. The topological polar surface area (TPSA) is 92.5 Å². The highest BCUT2D eigenvalue weighted by molar-refractivity contribution is 7.89. The molecule has 0 saturated carbocycles. The molecule has 0 aliphatic rings. The van der Waals surface area contributed by atoms with Crippen LogP contribution in [0.15, 0.2) is 40.6 Å². The zero-order valence-corrected chi connectivity index (χ0v) is 15.2. The molecule has 24 heavy (non-hydrogen) atoms. The summed E-state index contributed by atoms with van der Waals surface area (Å²) >= 11 is 1.55. The molecule has 0 aliphatic carbocycles. The van der Waals surface area contributed by atoms with Crippen LogP contribution in [0.4, 0.5) is 5.69 Å². The van der Waals surface area contributed by atoms with Crippen molar-refractivity contribution in [3.8, 4) is 0 Å². The van der Waals surface area contributed by atoms with E-state index in [-0.39, 0.29) is 28.7 Å². The first-order chi connectivity index (χ1) is 11.2. The van der Waals surface area contributed by atoms with Gasteiger partial charge >= 0.3 is 0 Å². The predicted octanol–water partition coefficient (Wildman–Crippen LogP) is 2.55. The first-order valence-corrected chi connectivity index (χ1v) is 9.54. The second-order valence-electron chi connectivity index (χ2n) is 5.50. The van der Waals surface area contributed by atoms with Crippen molar-refractivity contribution < 1.29 is 13.3 Å². The summed E-state index contributed by atoms with van der Waals surface area (Å²) in [7, 11) is -0.0985. The Morgan fingerprint density at radius 3 is 2.54 bits per heavy atom. The van der Waals surface area contributed by atoms with Gasteiger partial charge in [-0.2, -0.15) is 0 Å². The monoisotopic (exact) mass is 369 g/mol. The van der Waals surface area contributed by atoms with Crippen LogP contribution >= 0.6 is 11.3 Å². The summed E-state index contributed by atoms with van der Waals surface area (Å²) in [6, 6.07) is 7.79. The van der Waals surface area contributed by atoms with Crippen LogP contribution in [0.3, 0.4) is 0 Å². The maximum Gasteiger partial charge on any atom is 0.273 e. The van der Waals surface area contributed by atoms with E-state index >= 15 is 0 Å². The number of nitrogens with one attached hydrogen (secondary N) is 1. The van der Waals surface area contributed by atoms with Crippen molar-refractivity contribution in [2.75, 3.05) is 20.6 Å². The van der Waals surface area contributed by atoms with Crippen LogP contribution < -0.4 is 4.72 Å². The Bertz CT molecular complexity index is 817. The van der Waals surface area contributed by atoms with E-state index in [2.05, 4.69) is 4.72 Å². The van der Waals surface area contributed by atoms with Crippen molar-refractivity contribution >= 4 is 27.0 Å². The SMILES string of the molecule is Cc1c([N+](=O)[O-])cccc1S(=O)(=O)NCC(c1cccs1)N(C)C. The van der Waals surface area contributed by atoms with Crippen molar-refractivity contribution in [2.45, 2.75) is 17.9 Å². The molecule has 1 unspecified atom stereocenters. The number of nitrogens with zero attached hydrogens (tertiary/aromatic N) is 2. The number of benzene rings is 1. The summed E-state index contributed by atoms with van der Waals surface area (Å²) in [5.74, 6) is 0. The second kappa shape index (κ2) is 7.39. The van der Waals surface area contributed by atoms with Gasteiger partial charge in [-0.25, -0.2) is 13.1 Å². The van der Waals surface area contributed by atoms with E-state index in [1.807, 2.05) is 36.5 Å². The van der Waals surface area contributed by atoms with E-state index in [1.54, 1.807) is 11.3 Å². The number of nitro benzene ring substituents is 1. The van der Waals surface area contributed by atoms with Crippen molar-refractivity contribution in [1.29, 1.82) is 0 Å². The molecule has 130 valence electrons. The molecule has 0 bridgehead atoms. The third-order valence-corrected chi connectivity index (χ3v) is 6.24. The van der Waals surface area contributed by atoms with Crippen LogP contribution in [0.1, 0.15) is 16.5 Å². The number of hydrogen-bond donors (Lipinski definition) is 1. The molecule has 1 atom stereocenters. The van der Waals surface area contributed by atoms with Gasteiger partial charge < -0.3 is 4.90 Å². The third-order valence-electron chi connectivity index (χ3n) is 3.70. The number of sulfonamides is 1. The summed E-state index contributed by atoms with van der Waals surface area (Å²) in [5, 5.41) is 12.9. The highest BCUT2D eigenvalue weighted by Gasteiger charge is 2.25. The average Bonchev–Trinajstić information content (AvgIpc) is 3.00.